The van der Waals surface area contributed by atoms with Gasteiger partial charge in [-0.3, -0.25) is 4.79 Å². The molecule has 0 aromatic rings. The molecule has 0 fully saturated rings. The van der Waals surface area contributed by atoms with Gasteiger partial charge in [0.15, 0.2) is 0 Å². The first-order valence-corrected chi connectivity index (χ1v) is 34.0. The first-order chi connectivity index (χ1) is 38.2. The Kier molecular flexibility index (Phi) is 65.2. The molecule has 2 atom stereocenters. The minimum Gasteiger partial charge on any atom is -0.394 e. The van der Waals surface area contributed by atoms with Gasteiger partial charge in [-0.1, -0.05) is 355 Å². The first kappa shape index (κ1) is 74.3. The van der Waals surface area contributed by atoms with Crippen molar-refractivity contribution in [2.24, 2.45) is 0 Å². The third-order valence-corrected chi connectivity index (χ3v) is 15.3. The molecule has 0 aromatic carbocycles. The van der Waals surface area contributed by atoms with E-state index >= 15 is 0 Å². The normalized spacial score (nSPS) is 13.4. The molecule has 0 saturated carbocycles. The molecule has 0 aliphatic heterocycles. The van der Waals surface area contributed by atoms with Crippen LogP contribution in [0.1, 0.15) is 341 Å². The summed E-state index contributed by atoms with van der Waals surface area (Å²) in [5.74, 6) is -0.0603. The number of allylic oxidation sites excluding steroid dienone is 15. The van der Waals surface area contributed by atoms with Gasteiger partial charge in [0.2, 0.25) is 5.91 Å². The van der Waals surface area contributed by atoms with E-state index in [0.717, 1.165) is 70.6 Å². The standard InChI is InChI=1S/C73H131NO3/c1-3-5-7-9-11-13-15-17-19-21-23-25-27-29-30-31-32-33-34-35-36-37-38-39-40-41-42-43-44-45-47-49-51-53-55-57-59-61-63-65-67-69-73(77)74-71(70-75)72(76)68-66-64-62-60-58-56-54-52-50-48-46-28-26-24-22-20-18-16-14-12-10-8-6-4-2/h5,7,11,13,17,19,23,25,29-30,32-33,35-36,66,68,71-72,75-76H,3-4,6,8-10,12,14-16,18,20-22,24,26-28,31,34,37-65,67,69-70H2,1-2H3,(H,74,77)/b7-5-,13-11-,19-17-,25-23-,30-29-,33-32-,36-35-,68-66+. The van der Waals surface area contributed by atoms with E-state index in [1.54, 1.807) is 6.08 Å². The molecule has 0 radical (unpaired) electrons. The van der Waals surface area contributed by atoms with Gasteiger partial charge in [-0.15, -0.1) is 0 Å². The molecule has 0 aromatic heterocycles. The molecule has 3 N–H and O–H groups in total. The van der Waals surface area contributed by atoms with Crippen molar-refractivity contribution in [3.05, 3.63) is 97.2 Å². The van der Waals surface area contributed by atoms with E-state index in [1.807, 2.05) is 6.08 Å². The lowest BCUT2D eigenvalue weighted by molar-refractivity contribution is -0.123. The zero-order valence-corrected chi connectivity index (χ0v) is 51.5. The zero-order chi connectivity index (χ0) is 55.5. The highest BCUT2D eigenvalue weighted by Gasteiger charge is 2.18. The molecule has 2 unspecified atom stereocenters. The molecule has 0 saturated heterocycles. The fourth-order valence-electron chi connectivity index (χ4n) is 10.2. The van der Waals surface area contributed by atoms with Gasteiger partial charge in [0.25, 0.3) is 0 Å². The summed E-state index contributed by atoms with van der Waals surface area (Å²) in [7, 11) is 0. The molecular formula is C73H131NO3. The molecule has 0 aliphatic carbocycles. The van der Waals surface area contributed by atoms with Crippen LogP contribution >= 0.6 is 0 Å². The van der Waals surface area contributed by atoms with Gasteiger partial charge in [0, 0.05) is 6.42 Å². The van der Waals surface area contributed by atoms with Crippen LogP contribution in [-0.2, 0) is 4.79 Å². The van der Waals surface area contributed by atoms with E-state index < -0.39 is 12.1 Å². The Morgan fingerprint density at radius 1 is 0.325 bits per heavy atom. The quantitative estimate of drug-likeness (QED) is 0.0420. The van der Waals surface area contributed by atoms with Crippen molar-refractivity contribution in [1.29, 1.82) is 0 Å². The summed E-state index contributed by atoms with van der Waals surface area (Å²) in [6.45, 7) is 4.22. The van der Waals surface area contributed by atoms with Crippen molar-refractivity contribution < 1.29 is 15.0 Å². The third-order valence-electron chi connectivity index (χ3n) is 15.3. The number of aliphatic hydroxyl groups excluding tert-OH is 2. The number of nitrogens with one attached hydrogen (secondary N) is 1. The van der Waals surface area contributed by atoms with Crippen LogP contribution in [0.25, 0.3) is 0 Å². The van der Waals surface area contributed by atoms with Gasteiger partial charge in [-0.05, 0) is 77.0 Å². The smallest absolute Gasteiger partial charge is 0.220 e. The lowest BCUT2D eigenvalue weighted by atomic mass is 10.0. The van der Waals surface area contributed by atoms with Crippen LogP contribution in [0.15, 0.2) is 97.2 Å². The van der Waals surface area contributed by atoms with Crippen molar-refractivity contribution in [2.45, 2.75) is 353 Å². The summed E-state index contributed by atoms with van der Waals surface area (Å²) in [5.41, 5.74) is 0. The summed E-state index contributed by atoms with van der Waals surface area (Å²) in [6, 6.07) is -0.626. The van der Waals surface area contributed by atoms with Gasteiger partial charge >= 0.3 is 0 Å². The average Bonchev–Trinajstić information content (AvgIpc) is 3.43. The molecule has 0 rings (SSSR count). The monoisotopic (exact) mass is 1070 g/mol. The maximum atomic E-state index is 12.5. The number of carbonyl (C=O) groups excluding carboxylic acids is 1. The summed E-state index contributed by atoms with van der Waals surface area (Å²) in [4.78, 5) is 12.5. The van der Waals surface area contributed by atoms with Gasteiger partial charge in [-0.25, -0.2) is 0 Å². The van der Waals surface area contributed by atoms with Gasteiger partial charge in [0.1, 0.15) is 0 Å². The van der Waals surface area contributed by atoms with E-state index in [4.69, 9.17) is 0 Å². The molecular weight excluding hydrogens is 939 g/mol. The summed E-state index contributed by atoms with van der Waals surface area (Å²) < 4.78 is 0. The highest BCUT2D eigenvalue weighted by atomic mass is 16.3. The second-order valence-corrected chi connectivity index (χ2v) is 22.9. The molecule has 77 heavy (non-hydrogen) atoms. The first-order valence-electron chi connectivity index (χ1n) is 34.0. The average molecular weight is 1070 g/mol. The van der Waals surface area contributed by atoms with Gasteiger partial charge < -0.3 is 15.5 Å². The predicted octanol–water partition coefficient (Wildman–Crippen LogP) is 23.2. The van der Waals surface area contributed by atoms with E-state index in [-0.39, 0.29) is 12.5 Å². The minimum absolute atomic E-state index is 0.0603. The van der Waals surface area contributed by atoms with Crippen molar-refractivity contribution >= 4 is 5.91 Å². The van der Waals surface area contributed by atoms with Crippen LogP contribution in [0.5, 0.6) is 0 Å². The maximum absolute atomic E-state index is 12.5. The molecule has 446 valence electrons. The Labute approximate surface area is 481 Å². The van der Waals surface area contributed by atoms with E-state index in [9.17, 15) is 15.0 Å². The molecule has 0 heterocycles. The molecule has 4 heteroatoms. The molecule has 4 nitrogen and oxygen atoms in total. The SMILES string of the molecule is CC/C=C\C/C=C\C/C=C\C/C=C\C/C=C\C/C=C\C/C=C\CCCCCCCCCCCCCCCCCCCCCC(=O)NC(CO)C(O)/C=C/CCCCCCCCCCCCCCCCCCCCCCCC. The zero-order valence-electron chi connectivity index (χ0n) is 51.5. The third kappa shape index (κ3) is 64.0. The number of unbranched alkanes of at least 4 members (excludes halogenated alkanes) is 41. The fraction of sp³-hybridized carbons (Fsp3) is 0.767. The summed E-state index contributed by atoms with van der Waals surface area (Å²) in [6.07, 6.45) is 100. The van der Waals surface area contributed by atoms with Crippen molar-refractivity contribution in [2.75, 3.05) is 6.61 Å². The number of hydrogen-bond donors (Lipinski definition) is 3. The van der Waals surface area contributed by atoms with E-state index in [2.05, 4.69) is 104 Å². The minimum atomic E-state index is -0.843. The molecule has 0 spiro atoms. The largest absolute Gasteiger partial charge is 0.394 e. The lowest BCUT2D eigenvalue weighted by Gasteiger charge is -2.20. The lowest BCUT2D eigenvalue weighted by Crippen LogP contribution is -2.45. The van der Waals surface area contributed by atoms with Crippen LogP contribution in [-0.4, -0.2) is 34.9 Å². The fourth-order valence-corrected chi connectivity index (χ4v) is 10.2. The van der Waals surface area contributed by atoms with E-state index in [0.29, 0.717) is 6.42 Å². The Morgan fingerprint density at radius 2 is 0.571 bits per heavy atom. The number of aliphatic hydroxyl groups is 2. The maximum Gasteiger partial charge on any atom is 0.220 e. The van der Waals surface area contributed by atoms with Crippen LogP contribution < -0.4 is 5.32 Å². The number of hydrogen-bond acceptors (Lipinski definition) is 3. The molecule has 0 aliphatic rings. The number of rotatable bonds is 62. The highest BCUT2D eigenvalue weighted by Crippen LogP contribution is 2.18. The van der Waals surface area contributed by atoms with Crippen LogP contribution in [0.4, 0.5) is 0 Å². The Bertz CT molecular complexity index is 1400. The Morgan fingerprint density at radius 3 is 0.857 bits per heavy atom. The summed E-state index contributed by atoms with van der Waals surface area (Å²) in [5, 5.41) is 23.3. The second-order valence-electron chi connectivity index (χ2n) is 22.9. The highest BCUT2D eigenvalue weighted by molar-refractivity contribution is 5.76. The van der Waals surface area contributed by atoms with Crippen molar-refractivity contribution in [1.82, 2.24) is 5.32 Å². The van der Waals surface area contributed by atoms with Crippen LogP contribution in [0, 0.1) is 0 Å². The summed E-state index contributed by atoms with van der Waals surface area (Å²) >= 11 is 0. The van der Waals surface area contributed by atoms with Gasteiger partial charge in [0.05, 0.1) is 18.8 Å². The number of carbonyl (C=O) groups is 1. The molecule has 0 bridgehead atoms. The van der Waals surface area contributed by atoms with E-state index in [1.165, 1.54) is 250 Å². The topological polar surface area (TPSA) is 69.6 Å². The van der Waals surface area contributed by atoms with Crippen molar-refractivity contribution in [3.63, 3.8) is 0 Å². The Balaban J connectivity index is 3.47. The molecule has 1 amide bonds. The number of amides is 1. The van der Waals surface area contributed by atoms with Crippen molar-refractivity contribution in [3.8, 4) is 0 Å². The predicted molar refractivity (Wildman–Crippen MR) is 345 cm³/mol. The Hall–Kier alpha value is -2.69. The van der Waals surface area contributed by atoms with Crippen LogP contribution in [0.3, 0.4) is 0 Å². The second kappa shape index (κ2) is 67.6. The van der Waals surface area contributed by atoms with Gasteiger partial charge in [-0.2, -0.15) is 0 Å². The van der Waals surface area contributed by atoms with Crippen LogP contribution in [0.2, 0.25) is 0 Å².